The molecule has 0 aromatic carbocycles. The summed E-state index contributed by atoms with van der Waals surface area (Å²) in [6.07, 6.45) is 7.57. The Hall–Kier alpha value is -1.09. The number of rotatable bonds is 3. The van der Waals surface area contributed by atoms with Gasteiger partial charge >= 0.3 is 0 Å². The van der Waals surface area contributed by atoms with Crippen molar-refractivity contribution in [1.82, 2.24) is 4.98 Å². The van der Waals surface area contributed by atoms with Crippen LogP contribution in [0, 0.1) is 0 Å². The maximum Gasteiger partial charge on any atom is 0.0529 e. The highest BCUT2D eigenvalue weighted by Gasteiger charge is 2.17. The summed E-state index contributed by atoms with van der Waals surface area (Å²) < 4.78 is 0. The Labute approximate surface area is 97.5 Å². The van der Waals surface area contributed by atoms with Crippen molar-refractivity contribution < 1.29 is 0 Å². The molecule has 0 saturated heterocycles. The van der Waals surface area contributed by atoms with Crippen molar-refractivity contribution in [3.8, 4) is 0 Å². The molecule has 1 aliphatic carbocycles. The van der Waals surface area contributed by atoms with E-state index in [1.54, 1.807) is 0 Å². The molecular formula is C13H21N3. The standard InChI is InChI=1S/C13H21N3/c1-2-11-7-8-13(9-15-11)16-12-5-3-10(14)4-6-12/h7-10,12,16H,2-6,14H2,1H3. The van der Waals surface area contributed by atoms with Crippen LogP contribution in [0.15, 0.2) is 18.3 Å². The van der Waals surface area contributed by atoms with Crippen LogP contribution < -0.4 is 11.1 Å². The van der Waals surface area contributed by atoms with E-state index in [0.717, 1.165) is 30.6 Å². The zero-order chi connectivity index (χ0) is 11.4. The van der Waals surface area contributed by atoms with Crippen molar-refractivity contribution in [3.63, 3.8) is 0 Å². The maximum atomic E-state index is 5.89. The summed E-state index contributed by atoms with van der Waals surface area (Å²) in [5.74, 6) is 0. The third-order valence-electron chi connectivity index (χ3n) is 3.33. The lowest BCUT2D eigenvalue weighted by Crippen LogP contribution is -2.32. The molecular weight excluding hydrogens is 198 g/mol. The number of aryl methyl sites for hydroxylation is 1. The van der Waals surface area contributed by atoms with E-state index in [4.69, 9.17) is 5.73 Å². The molecule has 3 heteroatoms. The second kappa shape index (κ2) is 5.30. The van der Waals surface area contributed by atoms with E-state index in [1.165, 1.54) is 12.8 Å². The van der Waals surface area contributed by atoms with E-state index in [0.29, 0.717) is 12.1 Å². The lowest BCUT2D eigenvalue weighted by atomic mass is 9.92. The summed E-state index contributed by atoms with van der Waals surface area (Å²) >= 11 is 0. The number of hydrogen-bond donors (Lipinski definition) is 2. The minimum Gasteiger partial charge on any atom is -0.381 e. The van der Waals surface area contributed by atoms with E-state index in [1.807, 2.05) is 6.20 Å². The van der Waals surface area contributed by atoms with Crippen LogP contribution in [-0.4, -0.2) is 17.1 Å². The zero-order valence-electron chi connectivity index (χ0n) is 9.95. The Morgan fingerprint density at radius 1 is 1.31 bits per heavy atom. The summed E-state index contributed by atoms with van der Waals surface area (Å²) in [6, 6.07) is 5.21. The first-order valence-electron chi connectivity index (χ1n) is 6.25. The van der Waals surface area contributed by atoms with Gasteiger partial charge in [-0.05, 0) is 44.2 Å². The Morgan fingerprint density at radius 3 is 2.62 bits per heavy atom. The molecule has 0 spiro atoms. The first-order chi connectivity index (χ1) is 7.78. The van der Waals surface area contributed by atoms with Gasteiger partial charge in [-0.2, -0.15) is 0 Å². The molecule has 1 heterocycles. The number of pyridine rings is 1. The minimum atomic E-state index is 0.415. The Morgan fingerprint density at radius 2 is 2.06 bits per heavy atom. The zero-order valence-corrected chi connectivity index (χ0v) is 9.95. The minimum absolute atomic E-state index is 0.415. The van der Waals surface area contributed by atoms with Gasteiger partial charge in [-0.1, -0.05) is 6.92 Å². The summed E-state index contributed by atoms with van der Waals surface area (Å²) in [6.45, 7) is 2.12. The van der Waals surface area contributed by atoms with Crippen LogP contribution in [0.25, 0.3) is 0 Å². The first kappa shape index (κ1) is 11.4. The largest absolute Gasteiger partial charge is 0.381 e. The topological polar surface area (TPSA) is 50.9 Å². The van der Waals surface area contributed by atoms with Gasteiger partial charge in [-0.15, -0.1) is 0 Å². The third kappa shape index (κ3) is 2.95. The van der Waals surface area contributed by atoms with Crippen LogP contribution in [0.2, 0.25) is 0 Å². The van der Waals surface area contributed by atoms with Crippen LogP contribution in [0.3, 0.4) is 0 Å². The Balaban J connectivity index is 1.88. The molecule has 0 radical (unpaired) electrons. The SMILES string of the molecule is CCc1ccc(NC2CCC(N)CC2)cn1. The van der Waals surface area contributed by atoms with Gasteiger partial charge in [0.15, 0.2) is 0 Å². The average Bonchev–Trinajstić information content (AvgIpc) is 2.33. The van der Waals surface area contributed by atoms with Gasteiger partial charge in [0.25, 0.3) is 0 Å². The molecule has 3 N–H and O–H groups in total. The van der Waals surface area contributed by atoms with Crippen molar-refractivity contribution in [2.24, 2.45) is 5.73 Å². The number of aromatic nitrogens is 1. The molecule has 88 valence electrons. The highest BCUT2D eigenvalue weighted by Crippen LogP contribution is 2.20. The monoisotopic (exact) mass is 219 g/mol. The van der Waals surface area contributed by atoms with Crippen molar-refractivity contribution in [1.29, 1.82) is 0 Å². The highest BCUT2D eigenvalue weighted by molar-refractivity contribution is 5.42. The molecule has 1 aromatic rings. The summed E-state index contributed by atoms with van der Waals surface area (Å²) in [7, 11) is 0. The van der Waals surface area contributed by atoms with Gasteiger partial charge in [-0.3, -0.25) is 4.98 Å². The molecule has 0 atom stereocenters. The van der Waals surface area contributed by atoms with Gasteiger partial charge in [0.1, 0.15) is 0 Å². The lowest BCUT2D eigenvalue weighted by molar-refractivity contribution is 0.411. The number of anilines is 1. The van der Waals surface area contributed by atoms with Crippen LogP contribution in [0.1, 0.15) is 38.3 Å². The van der Waals surface area contributed by atoms with E-state index >= 15 is 0 Å². The Bertz CT molecular complexity index is 312. The molecule has 0 aliphatic heterocycles. The number of nitrogens with zero attached hydrogens (tertiary/aromatic N) is 1. The third-order valence-corrected chi connectivity index (χ3v) is 3.33. The van der Waals surface area contributed by atoms with Crippen LogP contribution in [-0.2, 0) is 6.42 Å². The molecule has 0 bridgehead atoms. The molecule has 1 aromatic heterocycles. The van der Waals surface area contributed by atoms with Gasteiger partial charge in [0.05, 0.1) is 11.9 Å². The molecule has 1 saturated carbocycles. The number of nitrogens with two attached hydrogens (primary N) is 1. The summed E-state index contributed by atoms with van der Waals surface area (Å²) in [5.41, 5.74) is 8.17. The van der Waals surface area contributed by atoms with Crippen molar-refractivity contribution in [2.45, 2.75) is 51.1 Å². The van der Waals surface area contributed by atoms with E-state index in [-0.39, 0.29) is 0 Å². The molecule has 2 rings (SSSR count). The molecule has 0 amide bonds. The predicted octanol–water partition coefficient (Wildman–Crippen LogP) is 2.33. The molecule has 1 fully saturated rings. The normalized spacial score (nSPS) is 25.4. The van der Waals surface area contributed by atoms with Crippen molar-refractivity contribution >= 4 is 5.69 Å². The Kier molecular flexibility index (Phi) is 3.78. The maximum absolute atomic E-state index is 5.89. The molecule has 16 heavy (non-hydrogen) atoms. The fourth-order valence-corrected chi connectivity index (χ4v) is 2.22. The van der Waals surface area contributed by atoms with E-state index < -0.39 is 0 Å². The van der Waals surface area contributed by atoms with E-state index in [2.05, 4.69) is 29.4 Å². The van der Waals surface area contributed by atoms with Crippen LogP contribution >= 0.6 is 0 Å². The fraction of sp³-hybridized carbons (Fsp3) is 0.615. The van der Waals surface area contributed by atoms with Gasteiger partial charge in [0.2, 0.25) is 0 Å². The van der Waals surface area contributed by atoms with Gasteiger partial charge < -0.3 is 11.1 Å². The van der Waals surface area contributed by atoms with E-state index in [9.17, 15) is 0 Å². The van der Waals surface area contributed by atoms with Crippen molar-refractivity contribution in [3.05, 3.63) is 24.0 Å². The predicted molar refractivity (Wildman–Crippen MR) is 67.5 cm³/mol. The summed E-state index contributed by atoms with van der Waals surface area (Å²) in [5, 5.41) is 3.53. The highest BCUT2D eigenvalue weighted by atomic mass is 14.9. The molecule has 3 nitrogen and oxygen atoms in total. The second-order valence-corrected chi connectivity index (χ2v) is 4.65. The van der Waals surface area contributed by atoms with Crippen molar-refractivity contribution in [2.75, 3.05) is 5.32 Å². The van der Waals surface area contributed by atoms with Gasteiger partial charge in [0, 0.05) is 17.8 Å². The average molecular weight is 219 g/mol. The van der Waals surface area contributed by atoms with Gasteiger partial charge in [-0.25, -0.2) is 0 Å². The first-order valence-corrected chi connectivity index (χ1v) is 6.25. The molecule has 0 unspecified atom stereocenters. The number of nitrogens with one attached hydrogen (secondary N) is 1. The molecule has 1 aliphatic rings. The van der Waals surface area contributed by atoms with Crippen LogP contribution in [0.4, 0.5) is 5.69 Å². The summed E-state index contributed by atoms with van der Waals surface area (Å²) in [4.78, 5) is 4.39. The second-order valence-electron chi connectivity index (χ2n) is 4.65. The number of hydrogen-bond acceptors (Lipinski definition) is 3. The quantitative estimate of drug-likeness (QED) is 0.820. The lowest BCUT2D eigenvalue weighted by Gasteiger charge is -2.27. The fourth-order valence-electron chi connectivity index (χ4n) is 2.22. The smallest absolute Gasteiger partial charge is 0.0529 e. The van der Waals surface area contributed by atoms with Crippen LogP contribution in [0.5, 0.6) is 0 Å².